The summed E-state index contributed by atoms with van der Waals surface area (Å²) in [6.07, 6.45) is 7.70. The van der Waals surface area contributed by atoms with E-state index in [2.05, 4.69) is 12.5 Å². The van der Waals surface area contributed by atoms with Gasteiger partial charge in [-0.1, -0.05) is 42.3 Å². The maximum Gasteiger partial charge on any atom is 0.107 e. The van der Waals surface area contributed by atoms with Gasteiger partial charge < -0.3 is 9.47 Å². The Bertz CT molecular complexity index is 378. The van der Waals surface area contributed by atoms with Crippen LogP contribution in [0.4, 0.5) is 0 Å². The van der Waals surface area contributed by atoms with Gasteiger partial charge >= 0.3 is 0 Å². The van der Waals surface area contributed by atoms with Crippen molar-refractivity contribution in [3.63, 3.8) is 0 Å². The molecule has 0 fully saturated rings. The molecule has 0 aliphatic carbocycles. The van der Waals surface area contributed by atoms with Crippen LogP contribution in [0.3, 0.4) is 0 Å². The Kier molecular flexibility index (Phi) is 6.86. The van der Waals surface area contributed by atoms with Gasteiger partial charge in [0.25, 0.3) is 0 Å². The first-order chi connectivity index (χ1) is 8.77. The quantitative estimate of drug-likeness (QED) is 0.516. The molecule has 2 nitrogen and oxygen atoms in total. The lowest BCUT2D eigenvalue weighted by Crippen LogP contribution is -2.28. The summed E-state index contributed by atoms with van der Waals surface area (Å²) >= 11 is 0. The van der Waals surface area contributed by atoms with E-state index in [9.17, 15) is 0 Å². The molecule has 0 saturated carbocycles. The fourth-order valence-electron chi connectivity index (χ4n) is 1.62. The van der Waals surface area contributed by atoms with E-state index in [0.29, 0.717) is 13.2 Å². The molecule has 0 aliphatic heterocycles. The molecular weight excluding hydrogens is 224 g/mol. The number of ether oxygens (including phenoxy) is 2. The number of terminal acetylenes is 1. The molecule has 0 N–H and O–H groups in total. The van der Waals surface area contributed by atoms with Crippen molar-refractivity contribution in [1.29, 1.82) is 0 Å². The molecule has 0 saturated heterocycles. The molecule has 0 heterocycles. The average molecular weight is 244 g/mol. The minimum Gasteiger partial charge on any atom is -0.371 e. The normalized spacial score (nSPS) is 13.6. The van der Waals surface area contributed by atoms with Gasteiger partial charge in [-0.05, 0) is 18.9 Å². The van der Waals surface area contributed by atoms with E-state index in [4.69, 9.17) is 15.9 Å². The van der Waals surface area contributed by atoms with E-state index in [-0.39, 0.29) is 12.2 Å². The van der Waals surface area contributed by atoms with Crippen molar-refractivity contribution in [3.05, 3.63) is 48.6 Å². The van der Waals surface area contributed by atoms with Gasteiger partial charge in [0, 0.05) is 0 Å². The smallest absolute Gasteiger partial charge is 0.107 e. The second kappa shape index (κ2) is 8.52. The van der Waals surface area contributed by atoms with Crippen molar-refractivity contribution >= 4 is 0 Å². The number of benzene rings is 1. The number of hydrogen-bond acceptors (Lipinski definition) is 2. The second-order valence-electron chi connectivity index (χ2n) is 4.08. The lowest BCUT2D eigenvalue weighted by molar-refractivity contribution is -0.0608. The van der Waals surface area contributed by atoms with Crippen molar-refractivity contribution in [2.45, 2.75) is 32.2 Å². The molecule has 0 aliphatic rings. The van der Waals surface area contributed by atoms with E-state index in [0.717, 1.165) is 12.0 Å². The van der Waals surface area contributed by atoms with Crippen molar-refractivity contribution in [2.24, 2.45) is 0 Å². The van der Waals surface area contributed by atoms with E-state index >= 15 is 0 Å². The Balaban J connectivity index is 2.43. The van der Waals surface area contributed by atoms with E-state index in [1.54, 1.807) is 0 Å². The molecule has 0 aromatic heterocycles. The molecule has 0 unspecified atom stereocenters. The minimum absolute atomic E-state index is 0.0171. The molecule has 0 spiro atoms. The molecule has 2 heteroatoms. The third kappa shape index (κ3) is 5.18. The fourth-order valence-corrected chi connectivity index (χ4v) is 1.62. The summed E-state index contributed by atoms with van der Waals surface area (Å²) in [4.78, 5) is 0. The predicted octanol–water partition coefficient (Wildman–Crippen LogP) is 3.19. The zero-order valence-corrected chi connectivity index (χ0v) is 10.8. The average Bonchev–Trinajstić information content (AvgIpc) is 2.42. The van der Waals surface area contributed by atoms with Gasteiger partial charge in [0.15, 0.2) is 0 Å². The van der Waals surface area contributed by atoms with Crippen LogP contribution in [0.25, 0.3) is 0 Å². The summed E-state index contributed by atoms with van der Waals surface area (Å²) in [5, 5.41) is 0. The first-order valence-corrected chi connectivity index (χ1v) is 6.09. The van der Waals surface area contributed by atoms with Crippen LogP contribution >= 0.6 is 0 Å². The molecule has 2 atom stereocenters. The highest BCUT2D eigenvalue weighted by atomic mass is 16.5. The second-order valence-corrected chi connectivity index (χ2v) is 4.08. The van der Waals surface area contributed by atoms with Crippen LogP contribution < -0.4 is 0 Å². The Hall–Kier alpha value is -1.56. The molecule has 0 radical (unpaired) electrons. The highest BCUT2D eigenvalue weighted by Gasteiger charge is 2.16. The Morgan fingerprint density at radius 3 is 2.67 bits per heavy atom. The van der Waals surface area contributed by atoms with Crippen molar-refractivity contribution in [2.75, 3.05) is 6.61 Å². The van der Waals surface area contributed by atoms with Gasteiger partial charge in [0.05, 0.1) is 18.8 Å². The van der Waals surface area contributed by atoms with Gasteiger partial charge in [-0.3, -0.25) is 0 Å². The zero-order chi connectivity index (χ0) is 13.2. The first-order valence-electron chi connectivity index (χ1n) is 6.09. The summed E-state index contributed by atoms with van der Waals surface area (Å²) in [6.45, 7) is 6.60. The minimum atomic E-state index is -0.0396. The summed E-state index contributed by atoms with van der Waals surface area (Å²) < 4.78 is 11.3. The lowest BCUT2D eigenvalue weighted by atomic mass is 10.1. The van der Waals surface area contributed by atoms with Crippen LogP contribution in [0.15, 0.2) is 43.0 Å². The predicted molar refractivity (Wildman–Crippen MR) is 74.1 cm³/mol. The highest BCUT2D eigenvalue weighted by molar-refractivity contribution is 5.13. The van der Waals surface area contributed by atoms with Crippen molar-refractivity contribution in [3.8, 4) is 12.3 Å². The molecule has 0 bridgehead atoms. The van der Waals surface area contributed by atoms with Crippen molar-refractivity contribution < 1.29 is 9.47 Å². The van der Waals surface area contributed by atoms with Gasteiger partial charge in [0.2, 0.25) is 0 Å². The standard InChI is InChI=1S/C16H20O2/c1-4-9-16(17-12-5-2)14(3)18-13-15-10-7-6-8-11-15/h2,4,6-8,10-11,14,16H,1,9,12-13H2,3H3/t14-,16+/m0/s1. The first kappa shape index (κ1) is 14.5. The summed E-state index contributed by atoms with van der Waals surface area (Å²) in [5.74, 6) is 2.47. The summed E-state index contributed by atoms with van der Waals surface area (Å²) in [5.41, 5.74) is 1.15. The Labute approximate surface area is 110 Å². The van der Waals surface area contributed by atoms with Gasteiger partial charge in [-0.2, -0.15) is 0 Å². The Morgan fingerprint density at radius 2 is 2.06 bits per heavy atom. The maximum absolute atomic E-state index is 5.80. The van der Waals surface area contributed by atoms with Crippen molar-refractivity contribution in [1.82, 2.24) is 0 Å². The van der Waals surface area contributed by atoms with Crippen LogP contribution in [0, 0.1) is 12.3 Å². The van der Waals surface area contributed by atoms with E-state index in [1.165, 1.54) is 0 Å². The zero-order valence-electron chi connectivity index (χ0n) is 10.8. The van der Waals surface area contributed by atoms with Crippen LogP contribution in [-0.2, 0) is 16.1 Å². The fraction of sp³-hybridized carbons (Fsp3) is 0.375. The third-order valence-corrected chi connectivity index (χ3v) is 2.66. The monoisotopic (exact) mass is 244 g/mol. The van der Waals surface area contributed by atoms with Crippen LogP contribution in [0.5, 0.6) is 0 Å². The SMILES string of the molecule is C#CCO[C@H](CC=C)[C@H](C)OCc1ccccc1. The molecule has 0 amide bonds. The van der Waals surface area contributed by atoms with Crippen LogP contribution in [-0.4, -0.2) is 18.8 Å². The molecule has 18 heavy (non-hydrogen) atoms. The van der Waals surface area contributed by atoms with E-state index in [1.807, 2.05) is 43.3 Å². The molecule has 1 aromatic carbocycles. The Morgan fingerprint density at radius 1 is 1.33 bits per heavy atom. The molecule has 1 aromatic rings. The topological polar surface area (TPSA) is 18.5 Å². The van der Waals surface area contributed by atoms with Crippen LogP contribution in [0.1, 0.15) is 18.9 Å². The third-order valence-electron chi connectivity index (χ3n) is 2.66. The largest absolute Gasteiger partial charge is 0.371 e. The van der Waals surface area contributed by atoms with Gasteiger partial charge in [-0.25, -0.2) is 0 Å². The maximum atomic E-state index is 5.80. The number of hydrogen-bond donors (Lipinski definition) is 0. The van der Waals surface area contributed by atoms with Gasteiger partial charge in [0.1, 0.15) is 6.61 Å². The number of rotatable bonds is 8. The van der Waals surface area contributed by atoms with Crippen LogP contribution in [0.2, 0.25) is 0 Å². The molecule has 96 valence electrons. The van der Waals surface area contributed by atoms with E-state index < -0.39 is 0 Å². The molecule has 1 rings (SSSR count). The summed E-state index contributed by atoms with van der Waals surface area (Å²) in [7, 11) is 0. The highest BCUT2D eigenvalue weighted by Crippen LogP contribution is 2.11. The molecular formula is C16H20O2. The lowest BCUT2D eigenvalue weighted by Gasteiger charge is -2.22. The summed E-state index contributed by atoms with van der Waals surface area (Å²) in [6, 6.07) is 10.1. The van der Waals surface area contributed by atoms with Gasteiger partial charge in [-0.15, -0.1) is 13.0 Å².